The molecule has 6 aromatic carbocycles. The van der Waals surface area contributed by atoms with Gasteiger partial charge in [-0.25, -0.2) is 0 Å². The van der Waals surface area contributed by atoms with Crippen molar-refractivity contribution in [3.05, 3.63) is 216 Å². The van der Waals surface area contributed by atoms with Gasteiger partial charge in [0.25, 0.3) is 0 Å². The lowest BCUT2D eigenvalue weighted by Gasteiger charge is -2.28. The summed E-state index contributed by atoms with van der Waals surface area (Å²) < 4.78 is 0. The second-order valence-electron chi connectivity index (χ2n) is 13.0. The number of nitrogens with zero attached hydrogens (tertiary/aromatic N) is 2. The summed E-state index contributed by atoms with van der Waals surface area (Å²) in [4.78, 5) is 6.87. The maximum Gasteiger partial charge on any atom is 0.0677 e. The molecule has 0 aliphatic heterocycles. The highest BCUT2D eigenvalue weighted by atomic mass is 15.1. The standard InChI is InChI=1S/C49H43N3.C2H6/c1-51-48(34-37-14-6-2-7-15-37)49(30-31-50)52(47-20-12-5-13-21-47)36-38-32-45(43-26-22-41(23-27-43)39-16-8-3-9-17-39)35-46(33-38)44-28-24-42(25-29-44)40-18-10-4-11-19-40;1-2/h2-10,12-18,20-33,35H,1,11,19,34,36,50H2;1-2H3/b31-30-,49-48-;. The first-order valence-corrected chi connectivity index (χ1v) is 18.9. The largest absolute Gasteiger partial charge is 0.405 e. The second-order valence-corrected chi connectivity index (χ2v) is 13.0. The van der Waals surface area contributed by atoms with E-state index in [1.807, 2.05) is 32.1 Å². The van der Waals surface area contributed by atoms with E-state index in [0.29, 0.717) is 13.0 Å². The van der Waals surface area contributed by atoms with Crippen LogP contribution in [0.15, 0.2) is 205 Å². The normalized spacial score (nSPS) is 12.7. The van der Waals surface area contributed by atoms with Gasteiger partial charge in [-0.1, -0.05) is 159 Å². The first-order chi connectivity index (χ1) is 26.7. The number of para-hydroxylation sites is 1. The molecule has 0 spiro atoms. The lowest BCUT2D eigenvalue weighted by atomic mass is 9.92. The van der Waals surface area contributed by atoms with Crippen LogP contribution in [-0.2, 0) is 13.0 Å². The summed E-state index contributed by atoms with van der Waals surface area (Å²) in [5.41, 5.74) is 21.0. The summed E-state index contributed by atoms with van der Waals surface area (Å²) in [7, 11) is 0. The molecule has 0 aromatic heterocycles. The van der Waals surface area contributed by atoms with E-state index < -0.39 is 0 Å². The van der Waals surface area contributed by atoms with Crippen molar-refractivity contribution in [1.82, 2.24) is 0 Å². The Hall–Kier alpha value is -6.45. The number of hydrogen-bond acceptors (Lipinski definition) is 3. The predicted molar refractivity (Wildman–Crippen MR) is 233 cm³/mol. The van der Waals surface area contributed by atoms with Crippen LogP contribution in [0.1, 0.15) is 43.4 Å². The Bertz CT molecular complexity index is 2230. The number of anilines is 1. The third-order valence-corrected chi connectivity index (χ3v) is 9.58. The van der Waals surface area contributed by atoms with Gasteiger partial charge in [-0.2, -0.15) is 0 Å². The van der Waals surface area contributed by atoms with Crippen molar-refractivity contribution < 1.29 is 0 Å². The van der Waals surface area contributed by atoms with Gasteiger partial charge in [0.1, 0.15) is 0 Å². The number of rotatable bonds is 12. The molecule has 0 bridgehead atoms. The SMILES string of the molecule is C=N/C(Cc1ccccc1)=C(/C=C\N)N(Cc1cc(-c2ccc(C3=CC=CCC3)cc2)cc(-c2ccc(-c3ccccc3)cc2)c1)c1ccccc1.CC. The molecular weight excluding hydrogens is 655 g/mol. The fourth-order valence-corrected chi connectivity index (χ4v) is 6.88. The zero-order valence-electron chi connectivity index (χ0n) is 31.4. The molecule has 268 valence electrons. The molecular formula is C51H49N3. The first-order valence-electron chi connectivity index (χ1n) is 18.9. The van der Waals surface area contributed by atoms with Gasteiger partial charge in [0.15, 0.2) is 0 Å². The molecule has 7 rings (SSSR count). The lowest BCUT2D eigenvalue weighted by molar-refractivity contribution is 0.902. The van der Waals surface area contributed by atoms with E-state index in [9.17, 15) is 0 Å². The van der Waals surface area contributed by atoms with Crippen molar-refractivity contribution in [1.29, 1.82) is 0 Å². The molecule has 0 heterocycles. The van der Waals surface area contributed by atoms with E-state index in [1.165, 1.54) is 44.5 Å². The van der Waals surface area contributed by atoms with E-state index in [2.05, 4.69) is 180 Å². The third kappa shape index (κ3) is 9.31. The highest BCUT2D eigenvalue weighted by molar-refractivity contribution is 5.78. The molecule has 0 unspecified atom stereocenters. The van der Waals surface area contributed by atoms with Crippen LogP contribution in [0.4, 0.5) is 5.69 Å². The number of nitrogens with two attached hydrogens (primary N) is 1. The van der Waals surface area contributed by atoms with Gasteiger partial charge in [-0.15, -0.1) is 0 Å². The van der Waals surface area contributed by atoms with Crippen LogP contribution < -0.4 is 10.6 Å². The molecule has 0 atom stereocenters. The second kappa shape index (κ2) is 18.9. The summed E-state index contributed by atoms with van der Waals surface area (Å²) in [5.74, 6) is 0. The molecule has 1 aliphatic rings. The van der Waals surface area contributed by atoms with E-state index in [-0.39, 0.29) is 0 Å². The smallest absolute Gasteiger partial charge is 0.0677 e. The fraction of sp³-hybridized carbons (Fsp3) is 0.118. The van der Waals surface area contributed by atoms with E-state index in [0.717, 1.165) is 41.1 Å². The molecule has 0 amide bonds. The molecule has 2 N–H and O–H groups in total. The van der Waals surface area contributed by atoms with Gasteiger partial charge in [0, 0.05) is 18.7 Å². The Labute approximate surface area is 321 Å². The Morgan fingerprint density at radius 2 is 1.15 bits per heavy atom. The monoisotopic (exact) mass is 703 g/mol. The van der Waals surface area contributed by atoms with Gasteiger partial charge in [-0.05, 0) is 118 Å². The zero-order chi connectivity index (χ0) is 37.5. The van der Waals surface area contributed by atoms with E-state index in [4.69, 9.17) is 5.73 Å². The predicted octanol–water partition coefficient (Wildman–Crippen LogP) is 13.1. The molecule has 3 heteroatoms. The Balaban J connectivity index is 0.00000245. The molecule has 6 aromatic rings. The van der Waals surface area contributed by atoms with Crippen molar-refractivity contribution >= 4 is 18.0 Å². The summed E-state index contributed by atoms with van der Waals surface area (Å²) in [6.07, 6.45) is 13.0. The number of hydrogen-bond donors (Lipinski definition) is 1. The van der Waals surface area contributed by atoms with E-state index >= 15 is 0 Å². The van der Waals surface area contributed by atoms with Crippen LogP contribution in [-0.4, -0.2) is 6.72 Å². The Morgan fingerprint density at radius 1 is 0.630 bits per heavy atom. The van der Waals surface area contributed by atoms with Crippen LogP contribution in [0.25, 0.3) is 39.0 Å². The highest BCUT2D eigenvalue weighted by Gasteiger charge is 2.18. The average molecular weight is 704 g/mol. The maximum atomic E-state index is 6.13. The van der Waals surface area contributed by atoms with Crippen LogP contribution in [0.5, 0.6) is 0 Å². The maximum absolute atomic E-state index is 6.13. The number of benzene rings is 6. The third-order valence-electron chi connectivity index (χ3n) is 9.58. The van der Waals surface area contributed by atoms with Gasteiger partial charge >= 0.3 is 0 Å². The molecule has 0 saturated carbocycles. The minimum absolute atomic E-state index is 0.595. The van der Waals surface area contributed by atoms with Gasteiger partial charge in [0.2, 0.25) is 0 Å². The van der Waals surface area contributed by atoms with Crippen molar-refractivity contribution in [2.75, 3.05) is 4.90 Å². The number of aliphatic imine (C=N–C) groups is 1. The minimum atomic E-state index is 0.595. The highest BCUT2D eigenvalue weighted by Crippen LogP contribution is 2.34. The van der Waals surface area contributed by atoms with Crippen molar-refractivity contribution in [2.45, 2.75) is 39.7 Å². The topological polar surface area (TPSA) is 41.6 Å². The van der Waals surface area contributed by atoms with Crippen molar-refractivity contribution in [2.24, 2.45) is 10.7 Å². The quantitative estimate of drug-likeness (QED) is 0.102. The Morgan fingerprint density at radius 3 is 1.69 bits per heavy atom. The molecule has 1 aliphatic carbocycles. The van der Waals surface area contributed by atoms with Gasteiger partial charge < -0.3 is 10.6 Å². The molecule has 3 nitrogen and oxygen atoms in total. The summed E-state index contributed by atoms with van der Waals surface area (Å²) in [6.45, 7) is 8.60. The first kappa shape index (κ1) is 37.3. The number of allylic oxidation sites excluding steroid dienone is 6. The molecule has 0 fully saturated rings. The van der Waals surface area contributed by atoms with Gasteiger partial charge in [-0.3, -0.25) is 4.99 Å². The average Bonchev–Trinajstić information content (AvgIpc) is 3.26. The summed E-state index contributed by atoms with van der Waals surface area (Å²) in [6, 6.07) is 56.2. The van der Waals surface area contributed by atoms with E-state index in [1.54, 1.807) is 6.20 Å². The molecule has 0 radical (unpaired) electrons. The fourth-order valence-electron chi connectivity index (χ4n) is 6.88. The molecule has 54 heavy (non-hydrogen) atoms. The van der Waals surface area contributed by atoms with Crippen LogP contribution >= 0.6 is 0 Å². The van der Waals surface area contributed by atoms with Crippen LogP contribution in [0.2, 0.25) is 0 Å². The summed E-state index contributed by atoms with van der Waals surface area (Å²) in [5, 5.41) is 0. The van der Waals surface area contributed by atoms with Crippen molar-refractivity contribution in [3.63, 3.8) is 0 Å². The summed E-state index contributed by atoms with van der Waals surface area (Å²) >= 11 is 0. The van der Waals surface area contributed by atoms with Crippen LogP contribution in [0.3, 0.4) is 0 Å². The lowest BCUT2D eigenvalue weighted by Crippen LogP contribution is -2.23. The van der Waals surface area contributed by atoms with Crippen molar-refractivity contribution in [3.8, 4) is 33.4 Å². The molecule has 0 saturated heterocycles. The van der Waals surface area contributed by atoms with Crippen LogP contribution in [0, 0.1) is 0 Å². The zero-order valence-corrected chi connectivity index (χ0v) is 31.4. The van der Waals surface area contributed by atoms with Gasteiger partial charge in [0.05, 0.1) is 11.4 Å². The Kier molecular flexibility index (Phi) is 13.0. The minimum Gasteiger partial charge on any atom is -0.405 e.